The molecule has 0 bridgehead atoms. The van der Waals surface area contributed by atoms with Crippen LogP contribution < -0.4 is 40.0 Å². The van der Waals surface area contributed by atoms with E-state index in [9.17, 15) is 24.9 Å². The van der Waals surface area contributed by atoms with Crippen molar-refractivity contribution in [3.63, 3.8) is 0 Å². The third-order valence-electron chi connectivity index (χ3n) is 10.7. The van der Waals surface area contributed by atoms with Crippen molar-refractivity contribution in [1.82, 2.24) is 5.32 Å². The van der Waals surface area contributed by atoms with Gasteiger partial charge in [0.2, 0.25) is 5.91 Å². The molecule has 0 radical (unpaired) electrons. The van der Waals surface area contributed by atoms with Gasteiger partial charge in [0.1, 0.15) is 0 Å². The second kappa shape index (κ2) is 10.5. The van der Waals surface area contributed by atoms with Gasteiger partial charge in [-0.25, -0.2) is 0 Å². The monoisotopic (exact) mass is 471 g/mol. The molecule has 33 heavy (non-hydrogen) atoms. The number of amides is 1. The molecule has 3 N–H and O–H groups in total. The fourth-order valence-corrected chi connectivity index (χ4v) is 8.99. The van der Waals surface area contributed by atoms with Gasteiger partial charge >= 0.3 is 29.6 Å². The van der Waals surface area contributed by atoms with E-state index < -0.39 is 12.5 Å². The number of carboxylic acids is 1. The molecule has 1 amide bonds. The SMILES string of the molecule is CC(CCC(=O)NCC(=O)[O-])C1CCC2C3C(O)CC4CC(O)CC[C@]4(C)C3CC[C@]12C.[Na+]. The van der Waals surface area contributed by atoms with Crippen LogP contribution in [-0.2, 0) is 9.59 Å². The van der Waals surface area contributed by atoms with Crippen molar-refractivity contribution in [3.8, 4) is 0 Å². The van der Waals surface area contributed by atoms with Crippen molar-refractivity contribution >= 4 is 11.9 Å². The number of rotatable bonds is 6. The quantitative estimate of drug-likeness (QED) is 0.442. The topological polar surface area (TPSA) is 110 Å². The number of hydrogen-bond donors (Lipinski definition) is 3. The van der Waals surface area contributed by atoms with Crippen molar-refractivity contribution in [3.05, 3.63) is 0 Å². The number of fused-ring (bicyclic) bond motifs is 5. The standard InChI is InChI=1S/C26H43NO5.Na/c1-15(4-7-22(30)27-14-23(31)32)18-5-6-19-24-20(9-11-26(18,19)3)25(2)10-8-17(28)12-16(25)13-21(24)29;/h15-21,24,28-29H,4-14H2,1-3H3,(H,27,30)(H,31,32);/q;+1/p-1/t15?,16?,17?,18?,19?,20?,21?,24?,25-,26+;/m0./s1. The average Bonchev–Trinajstić information content (AvgIpc) is 3.09. The van der Waals surface area contributed by atoms with Crippen molar-refractivity contribution in [2.45, 2.75) is 97.2 Å². The number of carbonyl (C=O) groups excluding carboxylic acids is 2. The van der Waals surface area contributed by atoms with Crippen molar-refractivity contribution < 1.29 is 54.5 Å². The molecular weight excluding hydrogens is 429 g/mol. The van der Waals surface area contributed by atoms with Gasteiger partial charge < -0.3 is 25.4 Å². The smallest absolute Gasteiger partial charge is 0.548 e. The predicted octanol–water partition coefficient (Wildman–Crippen LogP) is -0.737. The van der Waals surface area contributed by atoms with E-state index in [1.165, 1.54) is 6.42 Å². The first-order chi connectivity index (χ1) is 15.1. The van der Waals surface area contributed by atoms with Crippen molar-refractivity contribution in [1.29, 1.82) is 0 Å². The molecular formula is C26H42NNaO5. The molecule has 4 aliphatic carbocycles. The summed E-state index contributed by atoms with van der Waals surface area (Å²) < 4.78 is 0. The molecule has 182 valence electrons. The first-order valence-electron chi connectivity index (χ1n) is 12.9. The summed E-state index contributed by atoms with van der Waals surface area (Å²) in [4.78, 5) is 22.6. The summed E-state index contributed by atoms with van der Waals surface area (Å²) in [6.45, 7) is 6.70. The number of hydrogen-bond acceptors (Lipinski definition) is 5. The van der Waals surface area contributed by atoms with Gasteiger partial charge in [0.25, 0.3) is 0 Å². The van der Waals surface area contributed by atoms with E-state index in [0.717, 1.165) is 51.4 Å². The van der Waals surface area contributed by atoms with Crippen LogP contribution in [0.4, 0.5) is 0 Å². The van der Waals surface area contributed by atoms with Crippen LogP contribution in [-0.4, -0.2) is 40.8 Å². The molecule has 0 aromatic carbocycles. The Hall–Kier alpha value is -0.140. The Morgan fingerprint density at radius 1 is 1.03 bits per heavy atom. The van der Waals surface area contributed by atoms with Crippen LogP contribution in [0.3, 0.4) is 0 Å². The second-order valence-corrected chi connectivity index (χ2v) is 12.1. The molecule has 0 spiro atoms. The molecule has 7 heteroatoms. The van der Waals surface area contributed by atoms with E-state index in [-0.39, 0.29) is 58.5 Å². The average molecular weight is 472 g/mol. The Labute approximate surface area is 221 Å². The molecule has 6 nitrogen and oxygen atoms in total. The van der Waals surface area contributed by atoms with Crippen molar-refractivity contribution in [2.24, 2.45) is 46.3 Å². The minimum absolute atomic E-state index is 0. The normalized spacial score (nSPS) is 45.1. The minimum atomic E-state index is -1.26. The Balaban J connectivity index is 0.00000306. The van der Waals surface area contributed by atoms with E-state index in [1.54, 1.807) is 0 Å². The molecule has 0 aromatic heterocycles. The number of carboxylic acid groups (broad SMARTS) is 1. The summed E-state index contributed by atoms with van der Waals surface area (Å²) in [6, 6.07) is 0. The van der Waals surface area contributed by atoms with Crippen LogP contribution in [0.15, 0.2) is 0 Å². The first-order valence-corrected chi connectivity index (χ1v) is 12.9. The molecule has 0 saturated heterocycles. The Kier molecular flexibility index (Phi) is 8.70. The third-order valence-corrected chi connectivity index (χ3v) is 10.7. The molecule has 8 unspecified atom stereocenters. The zero-order valence-electron chi connectivity index (χ0n) is 21.0. The largest absolute Gasteiger partial charge is 1.00 e. The van der Waals surface area contributed by atoms with Gasteiger partial charge in [-0.1, -0.05) is 20.8 Å². The molecule has 0 aromatic rings. The zero-order valence-corrected chi connectivity index (χ0v) is 23.0. The first kappa shape index (κ1) is 27.4. The van der Waals surface area contributed by atoms with E-state index in [2.05, 4.69) is 26.1 Å². The molecule has 10 atom stereocenters. The van der Waals surface area contributed by atoms with E-state index >= 15 is 0 Å². The van der Waals surface area contributed by atoms with Crippen LogP contribution in [0.2, 0.25) is 0 Å². The number of nitrogens with one attached hydrogen (secondary N) is 1. The van der Waals surface area contributed by atoms with Crippen LogP contribution in [0.5, 0.6) is 0 Å². The Bertz CT molecular complexity index is 733. The zero-order chi connectivity index (χ0) is 23.3. The Morgan fingerprint density at radius 3 is 2.39 bits per heavy atom. The van der Waals surface area contributed by atoms with Gasteiger partial charge in [0, 0.05) is 6.42 Å². The van der Waals surface area contributed by atoms with Crippen LogP contribution in [0.1, 0.15) is 85.0 Å². The molecule has 4 saturated carbocycles. The van der Waals surface area contributed by atoms with Crippen molar-refractivity contribution in [2.75, 3.05) is 6.54 Å². The predicted molar refractivity (Wildman–Crippen MR) is 119 cm³/mol. The molecule has 4 fully saturated rings. The van der Waals surface area contributed by atoms with E-state index in [0.29, 0.717) is 41.9 Å². The molecule has 4 rings (SSSR count). The fraction of sp³-hybridized carbons (Fsp3) is 0.923. The van der Waals surface area contributed by atoms with Gasteiger partial charge in [0.05, 0.1) is 24.7 Å². The molecule has 0 aliphatic heterocycles. The van der Waals surface area contributed by atoms with Crippen LogP contribution in [0, 0.1) is 46.3 Å². The summed E-state index contributed by atoms with van der Waals surface area (Å²) in [5, 5.41) is 34.5. The summed E-state index contributed by atoms with van der Waals surface area (Å²) in [7, 11) is 0. The maximum absolute atomic E-state index is 12.0. The fourth-order valence-electron chi connectivity index (χ4n) is 8.99. The van der Waals surface area contributed by atoms with Gasteiger partial charge in [0.15, 0.2) is 0 Å². The number of aliphatic hydroxyl groups excluding tert-OH is 2. The number of carbonyl (C=O) groups is 2. The van der Waals surface area contributed by atoms with Gasteiger partial charge in [-0.05, 0) is 104 Å². The summed E-state index contributed by atoms with van der Waals surface area (Å²) in [6.07, 6.45) is 8.95. The Morgan fingerprint density at radius 2 is 1.70 bits per heavy atom. The second-order valence-electron chi connectivity index (χ2n) is 12.1. The van der Waals surface area contributed by atoms with Gasteiger partial charge in [-0.15, -0.1) is 0 Å². The number of aliphatic carboxylic acids is 1. The molecule has 4 aliphatic rings. The maximum atomic E-state index is 12.0. The van der Waals surface area contributed by atoms with Gasteiger partial charge in [-0.2, -0.15) is 0 Å². The summed E-state index contributed by atoms with van der Waals surface area (Å²) in [5.41, 5.74) is 0.436. The van der Waals surface area contributed by atoms with Gasteiger partial charge in [-0.3, -0.25) is 4.79 Å². The maximum Gasteiger partial charge on any atom is 1.00 e. The van der Waals surface area contributed by atoms with Crippen LogP contribution >= 0.6 is 0 Å². The third kappa shape index (κ3) is 5.07. The van der Waals surface area contributed by atoms with E-state index in [1.807, 2.05) is 0 Å². The summed E-state index contributed by atoms with van der Waals surface area (Å²) in [5.74, 6) is 1.31. The van der Waals surface area contributed by atoms with Crippen LogP contribution in [0.25, 0.3) is 0 Å². The minimum Gasteiger partial charge on any atom is -0.548 e. The summed E-state index contributed by atoms with van der Waals surface area (Å²) >= 11 is 0. The number of aliphatic hydroxyl groups is 2. The van der Waals surface area contributed by atoms with E-state index in [4.69, 9.17) is 0 Å². The molecule has 0 heterocycles.